The van der Waals surface area contributed by atoms with E-state index in [4.69, 9.17) is 9.47 Å². The number of benzene rings is 1. The summed E-state index contributed by atoms with van der Waals surface area (Å²) in [6, 6.07) is 4.98. The molecule has 0 saturated heterocycles. The lowest BCUT2D eigenvalue weighted by atomic mass is 10.1. The molecular weight excluding hydrogens is 272 g/mol. The molecule has 0 heterocycles. The van der Waals surface area contributed by atoms with Gasteiger partial charge in [0.1, 0.15) is 11.4 Å². The van der Waals surface area contributed by atoms with Crippen LogP contribution in [0.3, 0.4) is 0 Å². The number of carbonyl (C=O) groups excluding carboxylic acids is 2. The van der Waals surface area contributed by atoms with Gasteiger partial charge in [0.25, 0.3) is 5.91 Å². The minimum Gasteiger partial charge on any atom is -0.495 e. The molecule has 6 nitrogen and oxygen atoms in total. The van der Waals surface area contributed by atoms with Crippen LogP contribution in [0.1, 0.15) is 31.1 Å². The maximum atomic E-state index is 12.2. The van der Waals surface area contributed by atoms with Crippen LogP contribution in [-0.4, -0.2) is 43.7 Å². The summed E-state index contributed by atoms with van der Waals surface area (Å²) < 4.78 is 10.4. The second kappa shape index (κ2) is 6.47. The summed E-state index contributed by atoms with van der Waals surface area (Å²) in [5.41, 5.74) is 0.0100. The first kappa shape index (κ1) is 16.8. The van der Waals surface area contributed by atoms with Crippen molar-refractivity contribution in [3.63, 3.8) is 0 Å². The largest absolute Gasteiger partial charge is 0.495 e. The Morgan fingerprint density at radius 2 is 1.81 bits per heavy atom. The minimum absolute atomic E-state index is 0.236. The smallest absolute Gasteiger partial charge is 0.412 e. The average Bonchev–Trinajstić information content (AvgIpc) is 2.35. The summed E-state index contributed by atoms with van der Waals surface area (Å²) in [4.78, 5) is 25.5. The van der Waals surface area contributed by atoms with E-state index in [0.717, 1.165) is 0 Å². The lowest BCUT2D eigenvalue weighted by molar-refractivity contribution is 0.0635. The van der Waals surface area contributed by atoms with Gasteiger partial charge in [-0.05, 0) is 32.9 Å². The molecule has 0 aliphatic rings. The van der Waals surface area contributed by atoms with Gasteiger partial charge in [-0.2, -0.15) is 0 Å². The minimum atomic E-state index is -0.639. The van der Waals surface area contributed by atoms with Crippen LogP contribution in [0.25, 0.3) is 0 Å². The monoisotopic (exact) mass is 294 g/mol. The van der Waals surface area contributed by atoms with Crippen LogP contribution in [0.5, 0.6) is 5.75 Å². The van der Waals surface area contributed by atoms with Crippen molar-refractivity contribution in [3.05, 3.63) is 23.8 Å². The summed E-state index contributed by atoms with van der Waals surface area (Å²) >= 11 is 0. The molecule has 0 aromatic heterocycles. The second-order valence-electron chi connectivity index (χ2n) is 5.71. The molecule has 116 valence electrons. The van der Waals surface area contributed by atoms with E-state index in [0.29, 0.717) is 17.0 Å². The van der Waals surface area contributed by atoms with E-state index >= 15 is 0 Å². The Morgan fingerprint density at radius 1 is 1.19 bits per heavy atom. The zero-order valence-electron chi connectivity index (χ0n) is 13.3. The molecule has 0 atom stereocenters. The zero-order valence-corrected chi connectivity index (χ0v) is 13.3. The summed E-state index contributed by atoms with van der Waals surface area (Å²) in [5.74, 6) is 0.161. The maximum Gasteiger partial charge on any atom is 0.412 e. The predicted molar refractivity (Wildman–Crippen MR) is 80.9 cm³/mol. The molecule has 2 amide bonds. The molecule has 6 heteroatoms. The van der Waals surface area contributed by atoms with Gasteiger partial charge in [-0.1, -0.05) is 6.07 Å². The highest BCUT2D eigenvalue weighted by Crippen LogP contribution is 2.29. The molecule has 0 aliphatic carbocycles. The van der Waals surface area contributed by atoms with Crippen molar-refractivity contribution >= 4 is 17.7 Å². The number of methoxy groups -OCH3 is 1. The van der Waals surface area contributed by atoms with E-state index < -0.39 is 11.7 Å². The maximum absolute atomic E-state index is 12.2. The number of nitrogens with one attached hydrogen (secondary N) is 1. The van der Waals surface area contributed by atoms with Gasteiger partial charge in [-0.25, -0.2) is 4.79 Å². The van der Waals surface area contributed by atoms with Gasteiger partial charge in [-0.15, -0.1) is 0 Å². The molecule has 0 bridgehead atoms. The third-order valence-electron chi connectivity index (χ3n) is 2.51. The number of para-hydroxylation sites is 1. The fourth-order valence-electron chi connectivity index (χ4n) is 1.65. The molecule has 1 rings (SSSR count). The molecular formula is C15H22N2O4. The first-order valence-corrected chi connectivity index (χ1v) is 6.54. The van der Waals surface area contributed by atoms with Crippen LogP contribution >= 0.6 is 0 Å². The summed E-state index contributed by atoms with van der Waals surface area (Å²) in [7, 11) is 4.75. The molecule has 1 N–H and O–H groups in total. The average molecular weight is 294 g/mol. The predicted octanol–water partition coefficient (Wildman–Crippen LogP) is 2.74. The highest BCUT2D eigenvalue weighted by molar-refractivity contribution is 6.04. The Kier molecular flexibility index (Phi) is 5.18. The molecule has 1 aromatic carbocycles. The number of hydrogen-bond acceptors (Lipinski definition) is 4. The first-order chi connectivity index (χ1) is 9.65. The SMILES string of the molecule is COc1cccc(C(=O)N(C)C)c1NC(=O)OC(C)(C)C. The van der Waals surface area contributed by atoms with Gasteiger partial charge >= 0.3 is 6.09 Å². The molecule has 0 saturated carbocycles. The summed E-state index contributed by atoms with van der Waals surface area (Å²) in [6.07, 6.45) is -0.639. The number of ether oxygens (including phenoxy) is 2. The topological polar surface area (TPSA) is 67.9 Å². The third-order valence-corrected chi connectivity index (χ3v) is 2.51. The fraction of sp³-hybridized carbons (Fsp3) is 0.467. The van der Waals surface area contributed by atoms with Gasteiger partial charge in [0, 0.05) is 14.1 Å². The van der Waals surface area contributed by atoms with Crippen molar-refractivity contribution in [2.45, 2.75) is 26.4 Å². The number of rotatable bonds is 3. The number of nitrogens with zero attached hydrogens (tertiary/aromatic N) is 1. The van der Waals surface area contributed by atoms with Crippen LogP contribution in [0.15, 0.2) is 18.2 Å². The highest BCUT2D eigenvalue weighted by Gasteiger charge is 2.22. The fourth-order valence-corrected chi connectivity index (χ4v) is 1.65. The number of amides is 2. The van der Waals surface area contributed by atoms with Gasteiger partial charge in [-0.3, -0.25) is 10.1 Å². The van der Waals surface area contributed by atoms with Crippen LogP contribution in [-0.2, 0) is 4.74 Å². The molecule has 0 unspecified atom stereocenters. The summed E-state index contributed by atoms with van der Waals surface area (Å²) in [6.45, 7) is 5.29. The van der Waals surface area contributed by atoms with Crippen molar-refractivity contribution in [2.24, 2.45) is 0 Å². The normalized spacial score (nSPS) is 10.8. The standard InChI is InChI=1S/C15H22N2O4/c1-15(2,3)21-14(19)16-12-10(13(18)17(4)5)8-7-9-11(12)20-6/h7-9H,1-6H3,(H,16,19). The van der Waals surface area contributed by atoms with Crippen molar-refractivity contribution in [3.8, 4) is 5.75 Å². The van der Waals surface area contributed by atoms with Gasteiger partial charge in [0.05, 0.1) is 18.4 Å². The van der Waals surface area contributed by atoms with E-state index in [2.05, 4.69) is 5.32 Å². The third kappa shape index (κ3) is 4.66. The molecule has 0 radical (unpaired) electrons. The van der Waals surface area contributed by atoms with Crippen LogP contribution in [0.2, 0.25) is 0 Å². The van der Waals surface area contributed by atoms with Crippen LogP contribution in [0.4, 0.5) is 10.5 Å². The van der Waals surface area contributed by atoms with Crippen molar-refractivity contribution < 1.29 is 19.1 Å². The molecule has 0 fully saturated rings. The lowest BCUT2D eigenvalue weighted by Crippen LogP contribution is -2.29. The van der Waals surface area contributed by atoms with Crippen molar-refractivity contribution in [2.75, 3.05) is 26.5 Å². The van der Waals surface area contributed by atoms with E-state index in [1.54, 1.807) is 53.1 Å². The molecule has 0 aliphatic heterocycles. The van der Waals surface area contributed by atoms with Crippen molar-refractivity contribution in [1.82, 2.24) is 4.90 Å². The lowest BCUT2D eigenvalue weighted by Gasteiger charge is -2.21. The zero-order chi connectivity index (χ0) is 16.2. The summed E-state index contributed by atoms with van der Waals surface area (Å²) in [5, 5.41) is 2.59. The quantitative estimate of drug-likeness (QED) is 0.930. The van der Waals surface area contributed by atoms with E-state index in [1.807, 2.05) is 0 Å². The van der Waals surface area contributed by atoms with E-state index in [9.17, 15) is 9.59 Å². The van der Waals surface area contributed by atoms with E-state index in [1.165, 1.54) is 12.0 Å². The van der Waals surface area contributed by atoms with Crippen LogP contribution in [0, 0.1) is 0 Å². The first-order valence-electron chi connectivity index (χ1n) is 6.54. The molecule has 0 spiro atoms. The van der Waals surface area contributed by atoms with E-state index in [-0.39, 0.29) is 5.91 Å². The second-order valence-corrected chi connectivity index (χ2v) is 5.71. The Balaban J connectivity index is 3.14. The number of carbonyl (C=O) groups is 2. The molecule has 21 heavy (non-hydrogen) atoms. The van der Waals surface area contributed by atoms with Gasteiger partial charge in [0.2, 0.25) is 0 Å². The van der Waals surface area contributed by atoms with Crippen molar-refractivity contribution in [1.29, 1.82) is 0 Å². The van der Waals surface area contributed by atoms with Gasteiger partial charge < -0.3 is 14.4 Å². The Morgan fingerprint density at radius 3 is 2.29 bits per heavy atom. The highest BCUT2D eigenvalue weighted by atomic mass is 16.6. The Hall–Kier alpha value is -2.24. The van der Waals surface area contributed by atoms with Crippen LogP contribution < -0.4 is 10.1 Å². The number of hydrogen-bond donors (Lipinski definition) is 1. The Bertz CT molecular complexity index is 533. The Labute approximate surface area is 125 Å². The molecule has 1 aromatic rings. The number of anilines is 1. The van der Waals surface area contributed by atoms with Gasteiger partial charge in [0.15, 0.2) is 0 Å².